The summed E-state index contributed by atoms with van der Waals surface area (Å²) in [6.07, 6.45) is 11.4. The van der Waals surface area contributed by atoms with Gasteiger partial charge in [-0.2, -0.15) is 10.2 Å². The summed E-state index contributed by atoms with van der Waals surface area (Å²) in [7, 11) is 0. The fourth-order valence-electron chi connectivity index (χ4n) is 3.93. The van der Waals surface area contributed by atoms with Gasteiger partial charge in [-0.3, -0.25) is 0 Å². The van der Waals surface area contributed by atoms with Gasteiger partial charge in [0.05, 0.1) is 6.61 Å². The third-order valence-corrected chi connectivity index (χ3v) is 5.65. The van der Waals surface area contributed by atoms with E-state index in [0.717, 1.165) is 24.8 Å². The summed E-state index contributed by atoms with van der Waals surface area (Å²) in [4.78, 5) is 0. The second-order valence-corrected chi connectivity index (χ2v) is 7.89. The summed E-state index contributed by atoms with van der Waals surface area (Å²) >= 11 is 0. The largest absolute Gasteiger partial charge is 0.507 e. The van der Waals surface area contributed by atoms with Crippen molar-refractivity contribution in [3.8, 4) is 29.6 Å². The van der Waals surface area contributed by atoms with Crippen LogP contribution < -0.4 is 4.74 Å². The van der Waals surface area contributed by atoms with Crippen molar-refractivity contribution in [1.29, 1.82) is 0 Å². The van der Waals surface area contributed by atoms with E-state index in [0.29, 0.717) is 30.8 Å². The minimum Gasteiger partial charge on any atom is -0.507 e. The van der Waals surface area contributed by atoms with E-state index in [-0.39, 0.29) is 23.3 Å². The molecule has 0 fully saturated rings. The van der Waals surface area contributed by atoms with Gasteiger partial charge in [0.15, 0.2) is 5.66 Å². The summed E-state index contributed by atoms with van der Waals surface area (Å²) in [5, 5.41) is 29.4. The number of ether oxygens (including phenoxy) is 1. The molecule has 0 aromatic heterocycles. The highest BCUT2D eigenvalue weighted by atomic mass is 16.5. The Labute approximate surface area is 166 Å². The van der Waals surface area contributed by atoms with Crippen molar-refractivity contribution >= 4 is 0 Å². The van der Waals surface area contributed by atoms with Crippen molar-refractivity contribution in [2.45, 2.75) is 57.5 Å². The van der Waals surface area contributed by atoms with Crippen LogP contribution in [0.4, 0.5) is 0 Å². The van der Waals surface area contributed by atoms with Gasteiger partial charge >= 0.3 is 0 Å². The first-order valence-electron chi connectivity index (χ1n) is 9.74. The van der Waals surface area contributed by atoms with Crippen LogP contribution in [0.5, 0.6) is 17.2 Å². The first-order chi connectivity index (χ1) is 13.3. The Hall–Kier alpha value is -2.74. The molecule has 1 aromatic rings. The van der Waals surface area contributed by atoms with E-state index in [9.17, 15) is 10.2 Å². The number of nitrogens with zero attached hydrogens (tertiary/aromatic N) is 2. The lowest BCUT2D eigenvalue weighted by Crippen LogP contribution is -2.17. The van der Waals surface area contributed by atoms with Crippen molar-refractivity contribution in [3.63, 3.8) is 0 Å². The Kier molecular flexibility index (Phi) is 5.79. The lowest BCUT2D eigenvalue weighted by molar-refractivity contribution is 0.280. The van der Waals surface area contributed by atoms with E-state index in [1.54, 1.807) is 12.1 Å². The minimum atomic E-state index is -0.407. The van der Waals surface area contributed by atoms with Crippen LogP contribution in [-0.2, 0) is 0 Å². The van der Waals surface area contributed by atoms with Gasteiger partial charge in [-0.05, 0) is 32.6 Å². The van der Waals surface area contributed by atoms with Crippen molar-refractivity contribution in [2.24, 2.45) is 16.1 Å². The average molecular weight is 380 g/mol. The Morgan fingerprint density at radius 2 is 2.00 bits per heavy atom. The molecule has 0 saturated carbocycles. The summed E-state index contributed by atoms with van der Waals surface area (Å²) in [6, 6.07) is 3.13. The van der Waals surface area contributed by atoms with E-state index in [1.165, 1.54) is 5.57 Å². The fraction of sp³-hybridized carbons (Fsp3) is 0.478. The molecule has 3 rings (SSSR count). The molecule has 148 valence electrons. The number of benzene rings is 1. The zero-order valence-corrected chi connectivity index (χ0v) is 16.6. The highest BCUT2D eigenvalue weighted by Gasteiger charge is 2.39. The lowest BCUT2D eigenvalue weighted by atomic mass is 9.74. The van der Waals surface area contributed by atoms with Crippen LogP contribution in [0.3, 0.4) is 0 Å². The van der Waals surface area contributed by atoms with Crippen molar-refractivity contribution in [3.05, 3.63) is 41.5 Å². The molecule has 0 bridgehead atoms. The van der Waals surface area contributed by atoms with Crippen LogP contribution in [0.25, 0.3) is 0 Å². The van der Waals surface area contributed by atoms with Crippen molar-refractivity contribution < 1.29 is 14.9 Å². The van der Waals surface area contributed by atoms with Gasteiger partial charge in [-0.25, -0.2) is 0 Å². The minimum absolute atomic E-state index is 0.0417. The Bertz CT molecular complexity index is 834. The van der Waals surface area contributed by atoms with Crippen LogP contribution in [0.2, 0.25) is 0 Å². The molecule has 5 heteroatoms. The quantitative estimate of drug-likeness (QED) is 0.465. The Morgan fingerprint density at radius 1 is 1.32 bits per heavy atom. The molecular formula is C23H28N2O3. The normalized spacial score (nSPS) is 22.2. The lowest BCUT2D eigenvalue weighted by Gasteiger charge is -2.31. The number of hydrogen-bond acceptors (Lipinski definition) is 5. The standard InChI is InChI=1S/C23H28N2O3/c1-5-6-9-23(24-25-23)10-11-28-17-13-20(26)22(21(27)14-17)19-12-16(4)7-8-18(19)15(2)3/h1,12-14,18-19,26-27H,2,6-11H2,3-4H3/t18-,19+/m0/s1. The van der Waals surface area contributed by atoms with Gasteiger partial charge < -0.3 is 14.9 Å². The maximum absolute atomic E-state index is 10.6. The number of terminal acetylenes is 1. The van der Waals surface area contributed by atoms with Crippen LogP contribution in [0.15, 0.2) is 46.2 Å². The zero-order valence-electron chi connectivity index (χ0n) is 16.6. The zero-order chi connectivity index (χ0) is 20.3. The molecule has 2 aliphatic rings. The maximum atomic E-state index is 10.6. The number of phenols is 2. The first kappa shape index (κ1) is 20.0. The molecule has 1 aliphatic heterocycles. The number of aromatic hydroxyl groups is 2. The first-order valence-corrected chi connectivity index (χ1v) is 9.74. The Morgan fingerprint density at radius 3 is 2.57 bits per heavy atom. The molecule has 0 amide bonds. The van der Waals surface area contributed by atoms with E-state index < -0.39 is 5.66 Å². The molecule has 0 spiro atoms. The van der Waals surface area contributed by atoms with Gasteiger partial charge in [0.2, 0.25) is 0 Å². The average Bonchev–Trinajstić information content (AvgIpc) is 3.39. The number of phenolic OH excluding ortho intramolecular Hbond substituents is 2. The molecule has 1 aliphatic carbocycles. The molecule has 28 heavy (non-hydrogen) atoms. The van der Waals surface area contributed by atoms with Gasteiger partial charge in [-0.15, -0.1) is 12.3 Å². The second kappa shape index (κ2) is 8.10. The summed E-state index contributed by atoms with van der Waals surface area (Å²) in [6.45, 7) is 8.56. The molecule has 5 nitrogen and oxygen atoms in total. The highest BCUT2D eigenvalue weighted by Crippen LogP contribution is 2.47. The fourth-order valence-corrected chi connectivity index (χ4v) is 3.93. The van der Waals surface area contributed by atoms with E-state index in [2.05, 4.69) is 35.7 Å². The number of rotatable bonds is 8. The SMILES string of the molecule is C#CCCC1(CCOc2cc(O)c([C@@H]3C=C(C)CC[C@H]3C(=C)C)c(O)c2)N=N1. The molecule has 1 heterocycles. The predicted molar refractivity (Wildman–Crippen MR) is 110 cm³/mol. The predicted octanol–water partition coefficient (Wildman–Crippen LogP) is 5.46. The summed E-state index contributed by atoms with van der Waals surface area (Å²) in [5.74, 6) is 3.22. The van der Waals surface area contributed by atoms with Gasteiger partial charge in [-0.1, -0.05) is 23.8 Å². The number of hydrogen-bond donors (Lipinski definition) is 2. The third kappa shape index (κ3) is 4.39. The highest BCUT2D eigenvalue weighted by molar-refractivity contribution is 5.53. The van der Waals surface area contributed by atoms with Crippen LogP contribution in [0.1, 0.15) is 57.4 Å². The van der Waals surface area contributed by atoms with Crippen molar-refractivity contribution in [1.82, 2.24) is 0 Å². The maximum Gasteiger partial charge on any atom is 0.195 e. The molecule has 0 saturated heterocycles. The van der Waals surface area contributed by atoms with Crippen LogP contribution in [-0.4, -0.2) is 22.5 Å². The number of allylic oxidation sites excluding steroid dienone is 3. The topological polar surface area (TPSA) is 74.4 Å². The molecule has 0 radical (unpaired) electrons. The Balaban J connectivity index is 1.71. The van der Waals surface area contributed by atoms with Crippen molar-refractivity contribution in [2.75, 3.05) is 6.61 Å². The van der Waals surface area contributed by atoms with Crippen LogP contribution in [0, 0.1) is 18.3 Å². The third-order valence-electron chi connectivity index (χ3n) is 5.65. The molecular weight excluding hydrogens is 352 g/mol. The molecule has 2 atom stereocenters. The van der Waals surface area contributed by atoms with E-state index in [1.807, 2.05) is 6.92 Å². The van der Waals surface area contributed by atoms with Gasteiger partial charge in [0, 0.05) is 42.9 Å². The van der Waals surface area contributed by atoms with Crippen LogP contribution >= 0.6 is 0 Å². The monoisotopic (exact) mass is 380 g/mol. The molecule has 1 aromatic carbocycles. The summed E-state index contributed by atoms with van der Waals surface area (Å²) in [5.41, 5.74) is 2.45. The molecule has 2 N–H and O–H groups in total. The van der Waals surface area contributed by atoms with E-state index >= 15 is 0 Å². The van der Waals surface area contributed by atoms with Gasteiger partial charge in [0.25, 0.3) is 0 Å². The molecule has 0 unspecified atom stereocenters. The summed E-state index contributed by atoms with van der Waals surface area (Å²) < 4.78 is 5.74. The van der Waals surface area contributed by atoms with E-state index in [4.69, 9.17) is 11.2 Å². The smallest absolute Gasteiger partial charge is 0.195 e. The second-order valence-electron chi connectivity index (χ2n) is 7.89. The van der Waals surface area contributed by atoms with Gasteiger partial charge in [0.1, 0.15) is 17.2 Å².